The Morgan fingerprint density at radius 3 is 2.10 bits per heavy atom. The summed E-state index contributed by atoms with van der Waals surface area (Å²) < 4.78 is 37.7. The Bertz CT molecular complexity index is 943. The van der Waals surface area contributed by atoms with E-state index < -0.39 is 41.6 Å². The van der Waals surface area contributed by atoms with Crippen LogP contribution in [0.3, 0.4) is 0 Å². The van der Waals surface area contributed by atoms with Crippen molar-refractivity contribution in [3.63, 3.8) is 0 Å². The van der Waals surface area contributed by atoms with Crippen molar-refractivity contribution in [3.05, 3.63) is 69.3 Å². The van der Waals surface area contributed by atoms with E-state index in [0.717, 1.165) is 37.4 Å². The number of ketones is 1. The lowest BCUT2D eigenvalue weighted by Gasteiger charge is -2.07. The first kappa shape index (κ1) is 21.4. The highest BCUT2D eigenvalue weighted by Gasteiger charge is 2.20. The van der Waals surface area contributed by atoms with E-state index >= 15 is 0 Å². The number of nitrogens with zero attached hydrogens (tertiary/aromatic N) is 1. The van der Waals surface area contributed by atoms with Crippen molar-refractivity contribution in [2.45, 2.75) is 6.61 Å². The molecule has 0 unspecified atom stereocenters. The molecule has 9 nitrogen and oxygen atoms in total. The van der Waals surface area contributed by atoms with Crippen LogP contribution in [0.2, 0.25) is 0 Å². The zero-order chi connectivity index (χ0) is 21.6. The molecule has 0 bridgehead atoms. The third kappa shape index (κ3) is 5.79. The number of carbonyl (C=O) groups excluding carboxylic acids is 3. The van der Waals surface area contributed by atoms with E-state index in [0.29, 0.717) is 0 Å². The van der Waals surface area contributed by atoms with Gasteiger partial charge in [0.15, 0.2) is 12.4 Å². The van der Waals surface area contributed by atoms with Gasteiger partial charge >= 0.3 is 18.6 Å². The summed E-state index contributed by atoms with van der Waals surface area (Å²) >= 11 is 0. The quantitative estimate of drug-likeness (QED) is 0.282. The lowest BCUT2D eigenvalue weighted by molar-refractivity contribution is -0.384. The van der Waals surface area contributed by atoms with Crippen molar-refractivity contribution in [3.8, 4) is 5.75 Å². The molecule has 0 aliphatic rings. The number of nitro benzene ring substituents is 1. The maximum Gasteiger partial charge on any atom is 0.387 e. The number of carbonyl (C=O) groups is 3. The molecular formula is C18H13F2NO8. The van der Waals surface area contributed by atoms with E-state index in [1.54, 1.807) is 0 Å². The number of alkyl halides is 2. The molecule has 2 aromatic rings. The third-order valence-electron chi connectivity index (χ3n) is 3.52. The summed E-state index contributed by atoms with van der Waals surface area (Å²) in [6, 6.07) is 7.54. The minimum atomic E-state index is -3.01. The molecular weight excluding hydrogens is 396 g/mol. The fraction of sp³-hybridized carbons (Fsp3) is 0.167. The van der Waals surface area contributed by atoms with Gasteiger partial charge in [0, 0.05) is 17.7 Å². The number of hydrogen-bond acceptors (Lipinski definition) is 8. The maximum atomic E-state index is 12.1. The van der Waals surface area contributed by atoms with Gasteiger partial charge in [-0.25, -0.2) is 9.59 Å². The SMILES string of the molecule is COC(=O)c1cc(C(=O)OCC(=O)c2ccc(OC(F)F)cc2)cc([N+](=O)[O-])c1. The first-order valence-electron chi connectivity index (χ1n) is 7.84. The molecule has 0 atom stereocenters. The van der Waals surface area contributed by atoms with E-state index in [2.05, 4.69) is 9.47 Å². The predicted molar refractivity (Wildman–Crippen MR) is 92.1 cm³/mol. The van der Waals surface area contributed by atoms with E-state index in [1.165, 1.54) is 12.1 Å². The normalized spacial score (nSPS) is 10.3. The first-order valence-corrected chi connectivity index (χ1v) is 7.84. The maximum absolute atomic E-state index is 12.1. The van der Waals surface area contributed by atoms with Gasteiger partial charge < -0.3 is 14.2 Å². The second-order valence-corrected chi connectivity index (χ2v) is 5.42. The van der Waals surface area contributed by atoms with E-state index in [-0.39, 0.29) is 22.4 Å². The minimum absolute atomic E-state index is 0.0636. The smallest absolute Gasteiger partial charge is 0.387 e. The number of hydrogen-bond donors (Lipinski definition) is 0. The fourth-order valence-electron chi connectivity index (χ4n) is 2.19. The van der Waals surface area contributed by atoms with Crippen LogP contribution in [0.4, 0.5) is 14.5 Å². The summed E-state index contributed by atoms with van der Waals surface area (Å²) in [5, 5.41) is 11.0. The summed E-state index contributed by atoms with van der Waals surface area (Å²) in [4.78, 5) is 46.0. The van der Waals surface area contributed by atoms with Gasteiger partial charge in [-0.1, -0.05) is 0 Å². The lowest BCUT2D eigenvalue weighted by Crippen LogP contribution is -2.15. The molecule has 0 fully saturated rings. The Kier molecular flexibility index (Phi) is 6.90. The van der Waals surface area contributed by atoms with Gasteiger partial charge in [-0.05, 0) is 30.3 Å². The van der Waals surface area contributed by atoms with Crippen LogP contribution in [0.25, 0.3) is 0 Å². The van der Waals surface area contributed by atoms with Crippen LogP contribution in [0.1, 0.15) is 31.1 Å². The summed E-state index contributed by atoms with van der Waals surface area (Å²) in [6.45, 7) is -3.73. The number of halogens is 2. The van der Waals surface area contributed by atoms with Gasteiger partial charge in [-0.3, -0.25) is 14.9 Å². The molecule has 0 spiro atoms. The highest BCUT2D eigenvalue weighted by Crippen LogP contribution is 2.19. The Morgan fingerprint density at radius 1 is 1.00 bits per heavy atom. The summed E-state index contributed by atoms with van der Waals surface area (Å²) in [5.41, 5.74) is -1.04. The number of methoxy groups -OCH3 is 1. The van der Waals surface area contributed by atoms with Gasteiger partial charge in [0.05, 0.1) is 23.2 Å². The van der Waals surface area contributed by atoms with Crippen LogP contribution in [-0.4, -0.2) is 43.0 Å². The highest BCUT2D eigenvalue weighted by molar-refractivity contribution is 6.00. The number of nitro groups is 1. The standard InChI is InChI=1S/C18H13F2NO8/c1-27-16(23)11-6-12(8-13(7-11)21(25)26)17(24)28-9-15(22)10-2-4-14(5-3-10)29-18(19)20/h2-8,18H,9H2,1H3. The molecule has 0 aromatic heterocycles. The largest absolute Gasteiger partial charge is 0.465 e. The molecule has 0 saturated carbocycles. The average molecular weight is 409 g/mol. The molecule has 0 aliphatic heterocycles. The van der Waals surface area contributed by atoms with Crippen LogP contribution in [-0.2, 0) is 9.47 Å². The zero-order valence-corrected chi connectivity index (χ0v) is 14.8. The highest BCUT2D eigenvalue weighted by atomic mass is 19.3. The molecule has 152 valence electrons. The van der Waals surface area contributed by atoms with Gasteiger partial charge in [0.25, 0.3) is 5.69 Å². The van der Waals surface area contributed by atoms with Crippen LogP contribution < -0.4 is 4.74 Å². The molecule has 0 heterocycles. The molecule has 0 aliphatic carbocycles. The predicted octanol–water partition coefficient (Wildman–Crippen LogP) is 3.02. The van der Waals surface area contributed by atoms with Crippen molar-refractivity contribution in [2.24, 2.45) is 0 Å². The van der Waals surface area contributed by atoms with E-state index in [4.69, 9.17) is 4.74 Å². The van der Waals surface area contributed by atoms with Gasteiger partial charge in [0.1, 0.15) is 5.75 Å². The Hall–Kier alpha value is -3.89. The van der Waals surface area contributed by atoms with Crippen LogP contribution in [0.15, 0.2) is 42.5 Å². The Morgan fingerprint density at radius 2 is 1.59 bits per heavy atom. The number of Topliss-reactive ketones (excluding diaryl/α,β-unsaturated/α-hetero) is 1. The molecule has 0 radical (unpaired) electrons. The number of rotatable bonds is 8. The lowest BCUT2D eigenvalue weighted by atomic mass is 10.1. The van der Waals surface area contributed by atoms with Crippen molar-refractivity contribution < 1.29 is 42.3 Å². The summed E-state index contributed by atoms with van der Waals surface area (Å²) in [6.07, 6.45) is 0. The van der Waals surface area contributed by atoms with Crippen molar-refractivity contribution in [1.82, 2.24) is 0 Å². The fourth-order valence-corrected chi connectivity index (χ4v) is 2.19. The molecule has 2 rings (SSSR count). The monoisotopic (exact) mass is 409 g/mol. The molecule has 0 saturated heterocycles. The molecule has 0 amide bonds. The van der Waals surface area contributed by atoms with Crippen LogP contribution >= 0.6 is 0 Å². The molecule has 11 heteroatoms. The Balaban J connectivity index is 2.10. The number of benzene rings is 2. The van der Waals surface area contributed by atoms with Gasteiger partial charge in [-0.15, -0.1) is 0 Å². The van der Waals surface area contributed by atoms with Crippen molar-refractivity contribution in [2.75, 3.05) is 13.7 Å². The second-order valence-electron chi connectivity index (χ2n) is 5.42. The first-order chi connectivity index (χ1) is 13.7. The van der Waals surface area contributed by atoms with Crippen molar-refractivity contribution >= 4 is 23.4 Å². The number of ether oxygens (including phenoxy) is 3. The second kappa shape index (κ2) is 9.35. The zero-order valence-electron chi connectivity index (χ0n) is 14.8. The topological polar surface area (TPSA) is 122 Å². The van der Waals surface area contributed by atoms with Crippen LogP contribution in [0.5, 0.6) is 5.75 Å². The summed E-state index contributed by atoms with van der Waals surface area (Å²) in [7, 11) is 1.06. The number of esters is 2. The third-order valence-corrected chi connectivity index (χ3v) is 3.52. The van der Waals surface area contributed by atoms with Gasteiger partial charge in [-0.2, -0.15) is 8.78 Å². The van der Waals surface area contributed by atoms with Gasteiger partial charge in [0.2, 0.25) is 0 Å². The molecule has 2 aromatic carbocycles. The van der Waals surface area contributed by atoms with Crippen LogP contribution in [0, 0.1) is 10.1 Å². The summed E-state index contributed by atoms with van der Waals surface area (Å²) in [5.74, 6) is -2.78. The molecule has 0 N–H and O–H groups in total. The van der Waals surface area contributed by atoms with Crippen molar-refractivity contribution in [1.29, 1.82) is 0 Å². The minimum Gasteiger partial charge on any atom is -0.465 e. The average Bonchev–Trinajstić information content (AvgIpc) is 2.70. The van der Waals surface area contributed by atoms with E-state index in [1.807, 2.05) is 0 Å². The number of non-ortho nitro benzene ring substituents is 1. The Labute approximate surface area is 161 Å². The van der Waals surface area contributed by atoms with E-state index in [9.17, 15) is 33.3 Å². The molecule has 29 heavy (non-hydrogen) atoms.